The van der Waals surface area contributed by atoms with E-state index in [9.17, 15) is 4.79 Å². The fraction of sp³-hybridized carbons (Fsp3) is 0.533. The topological polar surface area (TPSA) is 67.2 Å². The Labute approximate surface area is 114 Å². The van der Waals surface area contributed by atoms with Gasteiger partial charge in [0.25, 0.3) is 5.91 Å². The number of nitrogens with one attached hydrogen (secondary N) is 2. The van der Waals surface area contributed by atoms with Crippen molar-refractivity contribution in [1.82, 2.24) is 5.32 Å². The molecule has 0 atom stereocenters. The molecule has 0 aliphatic heterocycles. The van der Waals surface area contributed by atoms with Crippen LogP contribution >= 0.6 is 0 Å². The molecule has 1 aromatic rings. The molecule has 0 aromatic heterocycles. The first-order chi connectivity index (χ1) is 9.21. The average Bonchev–Trinajstić information content (AvgIpc) is 2.94. The molecule has 4 N–H and O–H groups in total. The maximum Gasteiger partial charge on any atom is 0.253 e. The van der Waals surface area contributed by atoms with Gasteiger partial charge in [0, 0.05) is 6.54 Å². The minimum atomic E-state index is -0.0479. The zero-order chi connectivity index (χ0) is 13.7. The van der Waals surface area contributed by atoms with Gasteiger partial charge < -0.3 is 10.7 Å². The molecule has 0 saturated heterocycles. The highest BCUT2D eigenvalue weighted by molar-refractivity contribution is 5.99. The molecule has 2 rings (SSSR count). The number of para-hydroxylation sites is 1. The van der Waals surface area contributed by atoms with Gasteiger partial charge in [-0.05, 0) is 36.8 Å². The highest BCUT2D eigenvalue weighted by atomic mass is 16.1. The Morgan fingerprint density at radius 2 is 2.00 bits per heavy atom. The Bertz CT molecular complexity index is 439. The molecule has 0 bridgehead atoms. The maximum atomic E-state index is 12.2. The van der Waals surface area contributed by atoms with Gasteiger partial charge in [0.15, 0.2) is 0 Å². The number of hydrogen-bond donors (Lipinski definition) is 3. The Morgan fingerprint density at radius 1 is 1.32 bits per heavy atom. The Balaban J connectivity index is 2.01. The van der Waals surface area contributed by atoms with Crippen molar-refractivity contribution in [3.05, 3.63) is 29.8 Å². The van der Waals surface area contributed by atoms with Crippen LogP contribution in [0, 0.1) is 5.41 Å². The lowest BCUT2D eigenvalue weighted by atomic mass is 9.83. The van der Waals surface area contributed by atoms with Crippen LogP contribution in [0.4, 0.5) is 5.69 Å². The second-order valence-corrected chi connectivity index (χ2v) is 5.43. The predicted octanol–water partition coefficient (Wildman–Crippen LogP) is 2.67. The molecule has 1 amide bonds. The molecule has 0 spiro atoms. The van der Waals surface area contributed by atoms with E-state index < -0.39 is 0 Å². The number of amides is 1. The summed E-state index contributed by atoms with van der Waals surface area (Å²) in [4.78, 5) is 12.2. The summed E-state index contributed by atoms with van der Waals surface area (Å²) in [6.07, 6.45) is 6.14. The van der Waals surface area contributed by atoms with Crippen molar-refractivity contribution in [2.24, 2.45) is 11.3 Å². The van der Waals surface area contributed by atoms with Crippen LogP contribution in [0.25, 0.3) is 0 Å². The van der Waals surface area contributed by atoms with Crippen LogP contribution in [0.1, 0.15) is 49.4 Å². The van der Waals surface area contributed by atoms with Gasteiger partial charge in [0.05, 0.1) is 11.3 Å². The molecule has 0 radical (unpaired) electrons. The fourth-order valence-corrected chi connectivity index (χ4v) is 2.95. The summed E-state index contributed by atoms with van der Waals surface area (Å²) in [7, 11) is 0. The molecule has 4 nitrogen and oxygen atoms in total. The van der Waals surface area contributed by atoms with Crippen LogP contribution in [0.2, 0.25) is 0 Å². The Kier molecular flexibility index (Phi) is 4.43. The number of carbonyl (C=O) groups is 1. The summed E-state index contributed by atoms with van der Waals surface area (Å²) in [6.45, 7) is 2.98. The lowest BCUT2D eigenvalue weighted by Gasteiger charge is -2.27. The fourth-order valence-electron chi connectivity index (χ4n) is 2.95. The number of carbonyl (C=O) groups excluding carboxylic acids is 1. The molecule has 1 aliphatic rings. The highest BCUT2D eigenvalue weighted by Gasteiger charge is 2.32. The van der Waals surface area contributed by atoms with Gasteiger partial charge in [0.2, 0.25) is 0 Å². The van der Waals surface area contributed by atoms with Crippen LogP contribution in [0.5, 0.6) is 0 Å². The van der Waals surface area contributed by atoms with E-state index in [2.05, 4.69) is 17.7 Å². The number of hydrazine groups is 1. The van der Waals surface area contributed by atoms with Gasteiger partial charge in [-0.3, -0.25) is 10.6 Å². The van der Waals surface area contributed by atoms with E-state index in [0.717, 1.165) is 13.0 Å². The number of nitrogen functional groups attached to an aromatic ring is 1. The number of nitrogens with two attached hydrogens (primary N) is 1. The smallest absolute Gasteiger partial charge is 0.253 e. The molecular formula is C15H23N3O. The number of rotatable bonds is 5. The molecule has 0 unspecified atom stereocenters. The Hall–Kier alpha value is -1.55. The molecule has 1 aromatic carbocycles. The second kappa shape index (κ2) is 6.06. The van der Waals surface area contributed by atoms with Crippen molar-refractivity contribution in [3.63, 3.8) is 0 Å². The van der Waals surface area contributed by atoms with E-state index >= 15 is 0 Å². The van der Waals surface area contributed by atoms with Gasteiger partial charge in [-0.25, -0.2) is 0 Å². The first-order valence-corrected chi connectivity index (χ1v) is 7.05. The zero-order valence-electron chi connectivity index (χ0n) is 11.5. The summed E-state index contributed by atoms with van der Waals surface area (Å²) in [5.41, 5.74) is 4.14. The maximum absolute atomic E-state index is 12.2. The van der Waals surface area contributed by atoms with E-state index in [1.165, 1.54) is 25.7 Å². The largest absolute Gasteiger partial charge is 0.351 e. The van der Waals surface area contributed by atoms with Gasteiger partial charge >= 0.3 is 0 Å². The number of benzene rings is 1. The van der Waals surface area contributed by atoms with Crippen molar-refractivity contribution in [3.8, 4) is 0 Å². The quantitative estimate of drug-likeness (QED) is 0.564. The van der Waals surface area contributed by atoms with Crippen molar-refractivity contribution >= 4 is 11.6 Å². The molecule has 104 valence electrons. The molecule has 4 heteroatoms. The molecule has 1 fully saturated rings. The van der Waals surface area contributed by atoms with E-state index in [4.69, 9.17) is 5.84 Å². The van der Waals surface area contributed by atoms with Gasteiger partial charge in [0.1, 0.15) is 0 Å². The lowest BCUT2D eigenvalue weighted by Crippen LogP contribution is -2.36. The van der Waals surface area contributed by atoms with Gasteiger partial charge in [-0.1, -0.05) is 31.9 Å². The summed E-state index contributed by atoms with van der Waals surface area (Å²) >= 11 is 0. The first-order valence-electron chi connectivity index (χ1n) is 7.05. The van der Waals surface area contributed by atoms with E-state index in [-0.39, 0.29) is 5.91 Å². The summed E-state index contributed by atoms with van der Waals surface area (Å²) in [6, 6.07) is 7.30. The number of hydrogen-bond acceptors (Lipinski definition) is 3. The van der Waals surface area contributed by atoms with Crippen LogP contribution in [-0.2, 0) is 0 Å². The third-order valence-electron chi connectivity index (χ3n) is 4.37. The Morgan fingerprint density at radius 3 is 2.63 bits per heavy atom. The van der Waals surface area contributed by atoms with Crippen molar-refractivity contribution in [1.29, 1.82) is 0 Å². The molecular weight excluding hydrogens is 238 g/mol. The van der Waals surface area contributed by atoms with Gasteiger partial charge in [-0.2, -0.15) is 0 Å². The monoisotopic (exact) mass is 261 g/mol. The molecule has 1 saturated carbocycles. The van der Waals surface area contributed by atoms with Crippen molar-refractivity contribution in [2.75, 3.05) is 12.0 Å². The van der Waals surface area contributed by atoms with Gasteiger partial charge in [-0.15, -0.1) is 0 Å². The van der Waals surface area contributed by atoms with Crippen molar-refractivity contribution in [2.45, 2.75) is 39.0 Å². The third kappa shape index (κ3) is 3.07. The van der Waals surface area contributed by atoms with E-state index in [1.807, 2.05) is 12.1 Å². The van der Waals surface area contributed by atoms with Crippen LogP contribution in [0.15, 0.2) is 24.3 Å². The van der Waals surface area contributed by atoms with E-state index in [0.29, 0.717) is 16.7 Å². The molecule has 0 heterocycles. The minimum absolute atomic E-state index is 0.0479. The minimum Gasteiger partial charge on any atom is -0.351 e. The predicted molar refractivity (Wildman–Crippen MR) is 77.8 cm³/mol. The zero-order valence-corrected chi connectivity index (χ0v) is 11.5. The average molecular weight is 261 g/mol. The van der Waals surface area contributed by atoms with E-state index in [1.54, 1.807) is 12.1 Å². The SMILES string of the molecule is CCC1(CNC(=O)c2ccccc2NN)CCCC1. The second-order valence-electron chi connectivity index (χ2n) is 5.43. The summed E-state index contributed by atoms with van der Waals surface area (Å²) in [5.74, 6) is 5.38. The third-order valence-corrected chi connectivity index (χ3v) is 4.37. The normalized spacial score (nSPS) is 17.2. The van der Waals surface area contributed by atoms with Crippen molar-refractivity contribution < 1.29 is 4.79 Å². The van der Waals surface area contributed by atoms with Crippen LogP contribution in [0.3, 0.4) is 0 Å². The number of anilines is 1. The first kappa shape index (κ1) is 13.9. The van der Waals surface area contributed by atoms with Crippen LogP contribution < -0.4 is 16.6 Å². The standard InChI is InChI=1S/C15H23N3O/c1-2-15(9-5-6-10-15)11-17-14(19)12-7-3-4-8-13(12)18-16/h3-4,7-8,18H,2,5-6,9-11,16H2,1H3,(H,17,19). The lowest BCUT2D eigenvalue weighted by molar-refractivity contribution is 0.0929. The summed E-state index contributed by atoms with van der Waals surface area (Å²) < 4.78 is 0. The van der Waals surface area contributed by atoms with Crippen LogP contribution in [-0.4, -0.2) is 12.5 Å². The summed E-state index contributed by atoms with van der Waals surface area (Å²) in [5, 5.41) is 3.07. The highest BCUT2D eigenvalue weighted by Crippen LogP contribution is 2.40. The molecule has 19 heavy (non-hydrogen) atoms. The molecule has 1 aliphatic carbocycles.